The van der Waals surface area contributed by atoms with Crippen LogP contribution in [0.5, 0.6) is 0 Å². The minimum atomic E-state index is -1.10. The van der Waals surface area contributed by atoms with Crippen LogP contribution in [0.15, 0.2) is 35.6 Å². The molecular formula is C12H19NO2. The van der Waals surface area contributed by atoms with Gasteiger partial charge in [0.05, 0.1) is 0 Å². The number of rotatable bonds is 3. The van der Waals surface area contributed by atoms with Crippen LogP contribution < -0.4 is 5.73 Å². The summed E-state index contributed by atoms with van der Waals surface area (Å²) in [5, 5.41) is 8.59. The molecule has 0 spiro atoms. The highest BCUT2D eigenvalue weighted by Gasteiger charge is 2.13. The van der Waals surface area contributed by atoms with Gasteiger partial charge in [0, 0.05) is 0 Å². The predicted octanol–water partition coefficient (Wildman–Crippen LogP) is 2.46. The molecule has 0 amide bonds. The maximum Gasteiger partial charge on any atom is 0.351 e. The SMILES string of the molecule is C\C=C/C(=C\C=C(/N)C(=O)O)C(C)(C)C. The first-order valence-corrected chi connectivity index (χ1v) is 4.83. The molecule has 3 heteroatoms. The van der Waals surface area contributed by atoms with E-state index in [9.17, 15) is 4.79 Å². The van der Waals surface area contributed by atoms with Crippen molar-refractivity contribution < 1.29 is 9.90 Å². The first-order chi connectivity index (χ1) is 6.79. The van der Waals surface area contributed by atoms with E-state index in [4.69, 9.17) is 10.8 Å². The Labute approximate surface area is 91.0 Å². The fourth-order valence-corrected chi connectivity index (χ4v) is 0.986. The third kappa shape index (κ3) is 5.05. The van der Waals surface area contributed by atoms with Gasteiger partial charge in [-0.15, -0.1) is 0 Å². The van der Waals surface area contributed by atoms with Crippen molar-refractivity contribution in [3.8, 4) is 0 Å². The molecule has 0 fully saturated rings. The molecule has 0 aromatic carbocycles. The van der Waals surface area contributed by atoms with Crippen LogP contribution in [0, 0.1) is 5.41 Å². The average molecular weight is 209 g/mol. The Kier molecular flexibility index (Phi) is 4.85. The largest absolute Gasteiger partial charge is 0.477 e. The van der Waals surface area contributed by atoms with Gasteiger partial charge in [0.25, 0.3) is 0 Å². The van der Waals surface area contributed by atoms with Gasteiger partial charge in [0.15, 0.2) is 0 Å². The van der Waals surface area contributed by atoms with Gasteiger partial charge in [0.1, 0.15) is 5.70 Å². The summed E-state index contributed by atoms with van der Waals surface area (Å²) in [6.07, 6.45) is 7.03. The molecule has 0 bridgehead atoms. The summed E-state index contributed by atoms with van der Waals surface area (Å²) in [5.41, 5.74) is 6.16. The van der Waals surface area contributed by atoms with Crippen molar-refractivity contribution in [2.45, 2.75) is 27.7 Å². The summed E-state index contributed by atoms with van der Waals surface area (Å²) in [5.74, 6) is -1.10. The lowest BCUT2D eigenvalue weighted by atomic mass is 9.86. The van der Waals surface area contributed by atoms with Gasteiger partial charge < -0.3 is 10.8 Å². The van der Waals surface area contributed by atoms with Crippen LogP contribution in [0.4, 0.5) is 0 Å². The first-order valence-electron chi connectivity index (χ1n) is 4.83. The van der Waals surface area contributed by atoms with Crippen molar-refractivity contribution in [3.05, 3.63) is 35.6 Å². The molecule has 15 heavy (non-hydrogen) atoms. The molecule has 0 aliphatic carbocycles. The van der Waals surface area contributed by atoms with E-state index in [1.54, 1.807) is 6.08 Å². The zero-order valence-corrected chi connectivity index (χ0v) is 9.74. The average Bonchev–Trinajstić information content (AvgIpc) is 2.09. The maximum atomic E-state index is 10.5. The van der Waals surface area contributed by atoms with Gasteiger partial charge in [-0.2, -0.15) is 0 Å². The van der Waals surface area contributed by atoms with E-state index in [0.717, 1.165) is 5.57 Å². The van der Waals surface area contributed by atoms with Crippen LogP contribution in [0.2, 0.25) is 0 Å². The standard InChI is InChI=1S/C12H19NO2/c1-5-6-9(12(2,3)4)7-8-10(13)11(14)15/h5-8H,13H2,1-4H3,(H,14,15)/b6-5-,9-7+,10-8-. The zero-order valence-electron chi connectivity index (χ0n) is 9.74. The summed E-state index contributed by atoms with van der Waals surface area (Å²) in [7, 11) is 0. The normalized spacial score (nSPS) is 14.7. The molecular weight excluding hydrogens is 190 g/mol. The lowest BCUT2D eigenvalue weighted by Gasteiger charge is -2.19. The number of hydrogen-bond acceptors (Lipinski definition) is 2. The van der Waals surface area contributed by atoms with Crippen molar-refractivity contribution in [1.82, 2.24) is 0 Å². The molecule has 84 valence electrons. The van der Waals surface area contributed by atoms with Crippen molar-refractivity contribution in [2.24, 2.45) is 11.1 Å². The number of carboxylic acid groups (broad SMARTS) is 1. The molecule has 0 aliphatic rings. The van der Waals surface area contributed by atoms with Gasteiger partial charge in [-0.1, -0.05) is 39.0 Å². The molecule has 3 N–H and O–H groups in total. The first kappa shape index (κ1) is 13.5. The fraction of sp³-hybridized carbons (Fsp3) is 0.417. The Morgan fingerprint density at radius 3 is 2.13 bits per heavy atom. The number of hydrogen-bond donors (Lipinski definition) is 2. The summed E-state index contributed by atoms with van der Waals surface area (Å²) >= 11 is 0. The van der Waals surface area contributed by atoms with E-state index in [1.807, 2.05) is 19.1 Å². The van der Waals surface area contributed by atoms with E-state index in [1.165, 1.54) is 6.08 Å². The Balaban J connectivity index is 5.03. The molecule has 0 atom stereocenters. The minimum Gasteiger partial charge on any atom is -0.477 e. The van der Waals surface area contributed by atoms with Gasteiger partial charge in [-0.25, -0.2) is 4.79 Å². The third-order valence-corrected chi connectivity index (χ3v) is 1.90. The number of carboxylic acids is 1. The van der Waals surface area contributed by atoms with Gasteiger partial charge in [-0.3, -0.25) is 0 Å². The van der Waals surface area contributed by atoms with Crippen LogP contribution in [0.25, 0.3) is 0 Å². The van der Waals surface area contributed by atoms with Crippen LogP contribution in [-0.2, 0) is 4.79 Å². The number of aliphatic carboxylic acids is 1. The van der Waals surface area contributed by atoms with Crippen molar-refractivity contribution in [2.75, 3.05) is 0 Å². The highest BCUT2D eigenvalue weighted by atomic mass is 16.4. The van der Waals surface area contributed by atoms with E-state index in [2.05, 4.69) is 20.8 Å². The van der Waals surface area contributed by atoms with E-state index in [-0.39, 0.29) is 11.1 Å². The Bertz CT molecular complexity index is 317. The molecule has 0 radical (unpaired) electrons. The summed E-state index contributed by atoms with van der Waals surface area (Å²) in [6.45, 7) is 8.10. The van der Waals surface area contributed by atoms with E-state index in [0.29, 0.717) is 0 Å². The number of allylic oxidation sites excluding steroid dienone is 5. The van der Waals surface area contributed by atoms with E-state index >= 15 is 0 Å². The Hall–Kier alpha value is -1.51. The highest BCUT2D eigenvalue weighted by molar-refractivity contribution is 5.85. The highest BCUT2D eigenvalue weighted by Crippen LogP contribution is 2.26. The van der Waals surface area contributed by atoms with Gasteiger partial charge in [-0.05, 0) is 24.0 Å². The molecule has 0 aliphatic heterocycles. The maximum absolute atomic E-state index is 10.5. The van der Waals surface area contributed by atoms with Crippen LogP contribution in [0.3, 0.4) is 0 Å². The quantitative estimate of drug-likeness (QED) is 0.554. The second-order valence-corrected chi connectivity index (χ2v) is 4.30. The van der Waals surface area contributed by atoms with Crippen LogP contribution >= 0.6 is 0 Å². The summed E-state index contributed by atoms with van der Waals surface area (Å²) in [4.78, 5) is 10.5. The van der Waals surface area contributed by atoms with Crippen molar-refractivity contribution in [3.63, 3.8) is 0 Å². The smallest absolute Gasteiger partial charge is 0.351 e. The Morgan fingerprint density at radius 2 is 1.80 bits per heavy atom. The second kappa shape index (κ2) is 5.39. The molecule has 0 saturated carbocycles. The molecule has 0 aromatic heterocycles. The summed E-state index contributed by atoms with van der Waals surface area (Å²) < 4.78 is 0. The molecule has 0 rings (SSSR count). The van der Waals surface area contributed by atoms with Crippen LogP contribution in [0.1, 0.15) is 27.7 Å². The lowest BCUT2D eigenvalue weighted by molar-refractivity contribution is -0.132. The van der Waals surface area contributed by atoms with Gasteiger partial charge >= 0.3 is 5.97 Å². The molecule has 0 heterocycles. The summed E-state index contributed by atoms with van der Waals surface area (Å²) in [6, 6.07) is 0. The van der Waals surface area contributed by atoms with Gasteiger partial charge in [0.2, 0.25) is 0 Å². The second-order valence-electron chi connectivity index (χ2n) is 4.30. The van der Waals surface area contributed by atoms with E-state index < -0.39 is 5.97 Å². The molecule has 0 saturated heterocycles. The molecule has 3 nitrogen and oxygen atoms in total. The minimum absolute atomic E-state index is 0.0260. The fourth-order valence-electron chi connectivity index (χ4n) is 0.986. The van der Waals surface area contributed by atoms with Crippen LogP contribution in [-0.4, -0.2) is 11.1 Å². The Morgan fingerprint density at radius 1 is 1.27 bits per heavy atom. The molecule has 0 unspecified atom stereocenters. The third-order valence-electron chi connectivity index (χ3n) is 1.90. The lowest BCUT2D eigenvalue weighted by Crippen LogP contribution is -2.10. The molecule has 0 aromatic rings. The van der Waals surface area contributed by atoms with Crippen molar-refractivity contribution in [1.29, 1.82) is 0 Å². The number of nitrogens with two attached hydrogens (primary N) is 1. The topological polar surface area (TPSA) is 63.3 Å². The van der Waals surface area contributed by atoms with Crippen molar-refractivity contribution >= 4 is 5.97 Å². The number of carbonyl (C=O) groups is 1. The predicted molar refractivity (Wildman–Crippen MR) is 62.3 cm³/mol. The zero-order chi connectivity index (χ0) is 12.1. The monoisotopic (exact) mass is 209 g/mol.